The number of carbonyl (C=O) groups is 2. The summed E-state index contributed by atoms with van der Waals surface area (Å²) in [6.07, 6.45) is -2.95. The number of rotatable bonds is 0. The molecule has 0 aromatic rings. The summed E-state index contributed by atoms with van der Waals surface area (Å²) in [6, 6.07) is 0. The Bertz CT molecular complexity index is 148. The smallest absolute Gasteiger partial charge is 0.293 e. The molecule has 0 saturated carbocycles. The van der Waals surface area contributed by atoms with E-state index in [4.69, 9.17) is 10.2 Å². The first kappa shape index (κ1) is 6.45. The molecule has 1 aliphatic rings. The van der Waals surface area contributed by atoms with Gasteiger partial charge in [0.15, 0.2) is 0 Å². The Labute approximate surface area is 51.7 Å². The largest absolute Gasteiger partial charge is 0.383 e. The van der Waals surface area contributed by atoms with Crippen LogP contribution < -0.4 is 0 Å². The van der Waals surface area contributed by atoms with Crippen molar-refractivity contribution < 1.29 is 19.8 Å². The third-order valence-corrected chi connectivity index (χ3v) is 1.31. The SMILES string of the molecule is O=C1BC(=O)C(O)C1O. The van der Waals surface area contributed by atoms with Crippen LogP contribution in [0.15, 0.2) is 0 Å². The highest BCUT2D eigenvalue weighted by atomic mass is 16.3. The Morgan fingerprint density at radius 2 is 1.44 bits per heavy atom. The minimum absolute atomic E-state index is 0.331. The molecule has 9 heavy (non-hydrogen) atoms. The van der Waals surface area contributed by atoms with Crippen LogP contribution in [0.5, 0.6) is 0 Å². The summed E-state index contributed by atoms with van der Waals surface area (Å²) in [5, 5.41) is 17.2. The van der Waals surface area contributed by atoms with Gasteiger partial charge in [0.1, 0.15) is 23.6 Å². The average Bonchev–Trinajstić information content (AvgIpc) is 1.98. The molecule has 2 unspecified atom stereocenters. The third kappa shape index (κ3) is 0.884. The molecule has 1 aliphatic heterocycles. The van der Waals surface area contributed by atoms with E-state index in [1.54, 1.807) is 0 Å². The monoisotopic (exact) mass is 128 g/mol. The van der Waals surface area contributed by atoms with Crippen molar-refractivity contribution in [2.75, 3.05) is 0 Å². The Balaban J connectivity index is 2.77. The van der Waals surface area contributed by atoms with Crippen LogP contribution in [0.1, 0.15) is 0 Å². The lowest BCUT2D eigenvalue weighted by molar-refractivity contribution is -0.129. The van der Waals surface area contributed by atoms with E-state index in [0.29, 0.717) is 0 Å². The molecular formula is C4H5BO4. The van der Waals surface area contributed by atoms with E-state index in [1.807, 2.05) is 0 Å². The van der Waals surface area contributed by atoms with Crippen LogP contribution in [0.2, 0.25) is 0 Å². The first-order chi connectivity index (χ1) is 4.13. The fourth-order valence-electron chi connectivity index (χ4n) is 0.733. The van der Waals surface area contributed by atoms with Gasteiger partial charge in [-0.2, -0.15) is 0 Å². The van der Waals surface area contributed by atoms with Crippen molar-refractivity contribution in [2.24, 2.45) is 0 Å². The zero-order chi connectivity index (χ0) is 7.02. The molecule has 2 atom stereocenters. The molecule has 48 valence electrons. The van der Waals surface area contributed by atoms with E-state index in [-0.39, 0.29) is 7.28 Å². The van der Waals surface area contributed by atoms with Crippen LogP contribution >= 0.6 is 0 Å². The van der Waals surface area contributed by atoms with Crippen molar-refractivity contribution in [1.29, 1.82) is 0 Å². The van der Waals surface area contributed by atoms with Crippen molar-refractivity contribution in [3.63, 3.8) is 0 Å². The lowest BCUT2D eigenvalue weighted by Gasteiger charge is -2.02. The Morgan fingerprint density at radius 1 is 1.11 bits per heavy atom. The summed E-state index contributed by atoms with van der Waals surface area (Å²) in [5.74, 6) is 0. The normalized spacial score (nSPS) is 34.9. The van der Waals surface area contributed by atoms with Gasteiger partial charge in [-0.15, -0.1) is 0 Å². The van der Waals surface area contributed by atoms with Crippen molar-refractivity contribution >= 4 is 18.6 Å². The summed E-state index contributed by atoms with van der Waals surface area (Å²) in [5.41, 5.74) is -1.18. The molecule has 5 heteroatoms. The summed E-state index contributed by atoms with van der Waals surface area (Å²) in [6.45, 7) is 0. The second-order valence-electron chi connectivity index (χ2n) is 2.00. The van der Waals surface area contributed by atoms with E-state index < -0.39 is 23.6 Å². The minimum Gasteiger partial charge on any atom is -0.383 e. The van der Waals surface area contributed by atoms with Crippen molar-refractivity contribution in [1.82, 2.24) is 0 Å². The average molecular weight is 128 g/mol. The summed E-state index contributed by atoms with van der Waals surface area (Å²) >= 11 is 0. The molecule has 0 spiro atoms. The molecule has 1 saturated heterocycles. The van der Waals surface area contributed by atoms with Gasteiger partial charge >= 0.3 is 0 Å². The standard InChI is InChI=1S/C4H5BO4/c6-1-2(7)4(9)5-3(1)8/h1-2,5-7H. The maximum Gasteiger partial charge on any atom is 0.293 e. The van der Waals surface area contributed by atoms with Crippen molar-refractivity contribution in [3.8, 4) is 0 Å². The van der Waals surface area contributed by atoms with Crippen LogP contribution in [0.25, 0.3) is 0 Å². The van der Waals surface area contributed by atoms with Gasteiger partial charge in [0.05, 0.1) is 0 Å². The molecule has 1 rings (SSSR count). The lowest BCUT2D eigenvalue weighted by Crippen LogP contribution is -2.27. The third-order valence-electron chi connectivity index (χ3n) is 1.31. The molecule has 1 fully saturated rings. The molecule has 0 aromatic heterocycles. The zero-order valence-electron chi connectivity index (χ0n) is 4.57. The number of aliphatic hydroxyl groups excluding tert-OH is 2. The fraction of sp³-hybridized carbons (Fsp3) is 0.500. The van der Waals surface area contributed by atoms with Gasteiger partial charge in [-0.3, -0.25) is 0 Å². The summed E-state index contributed by atoms with van der Waals surface area (Å²) in [4.78, 5) is 20.7. The van der Waals surface area contributed by atoms with Gasteiger partial charge in [0, 0.05) is 0 Å². The van der Waals surface area contributed by atoms with Crippen LogP contribution in [0.3, 0.4) is 0 Å². The highest BCUT2D eigenvalue weighted by Gasteiger charge is 2.39. The Kier molecular flexibility index (Phi) is 1.38. The first-order valence-electron chi connectivity index (χ1n) is 2.54. The maximum absolute atomic E-state index is 10.4. The number of carbonyl (C=O) groups excluding carboxylic acids is 2. The van der Waals surface area contributed by atoms with Crippen molar-refractivity contribution in [3.05, 3.63) is 0 Å². The van der Waals surface area contributed by atoms with Gasteiger partial charge in [-0.05, 0) is 0 Å². The van der Waals surface area contributed by atoms with Gasteiger partial charge < -0.3 is 19.8 Å². The van der Waals surface area contributed by atoms with E-state index >= 15 is 0 Å². The molecule has 4 nitrogen and oxygen atoms in total. The maximum atomic E-state index is 10.4. The van der Waals surface area contributed by atoms with E-state index in [1.165, 1.54) is 0 Å². The van der Waals surface area contributed by atoms with E-state index in [2.05, 4.69) is 0 Å². The van der Waals surface area contributed by atoms with Crippen LogP contribution in [0, 0.1) is 0 Å². The molecule has 0 aromatic carbocycles. The number of hydrogen-bond acceptors (Lipinski definition) is 4. The molecule has 0 radical (unpaired) electrons. The second kappa shape index (κ2) is 1.93. The molecular weight excluding hydrogens is 123 g/mol. The molecule has 0 aliphatic carbocycles. The predicted molar refractivity (Wildman–Crippen MR) is 29.2 cm³/mol. The zero-order valence-corrected chi connectivity index (χ0v) is 4.57. The van der Waals surface area contributed by atoms with Crippen LogP contribution in [-0.2, 0) is 9.59 Å². The Hall–Kier alpha value is -0.675. The van der Waals surface area contributed by atoms with E-state index in [9.17, 15) is 9.59 Å². The molecule has 0 amide bonds. The molecule has 2 N–H and O–H groups in total. The predicted octanol–water partition coefficient (Wildman–Crippen LogP) is -2.79. The molecule has 1 heterocycles. The Morgan fingerprint density at radius 3 is 1.56 bits per heavy atom. The van der Waals surface area contributed by atoms with Crippen LogP contribution in [-0.4, -0.2) is 41.1 Å². The first-order valence-corrected chi connectivity index (χ1v) is 2.54. The summed E-state index contributed by atoms with van der Waals surface area (Å²) in [7, 11) is -0.331. The second-order valence-corrected chi connectivity index (χ2v) is 2.00. The van der Waals surface area contributed by atoms with Gasteiger partial charge in [0.2, 0.25) is 0 Å². The highest BCUT2D eigenvalue weighted by molar-refractivity contribution is 7.00. The van der Waals surface area contributed by atoms with E-state index in [0.717, 1.165) is 0 Å². The molecule has 0 bridgehead atoms. The quantitative estimate of drug-likeness (QED) is 0.346. The lowest BCUT2D eigenvalue weighted by atomic mass is 9.74. The van der Waals surface area contributed by atoms with Crippen molar-refractivity contribution in [2.45, 2.75) is 12.2 Å². The topological polar surface area (TPSA) is 74.6 Å². The minimum atomic E-state index is -1.47. The van der Waals surface area contributed by atoms with Gasteiger partial charge in [-0.1, -0.05) is 0 Å². The fourth-order valence-corrected chi connectivity index (χ4v) is 0.733. The van der Waals surface area contributed by atoms with Gasteiger partial charge in [0.25, 0.3) is 7.28 Å². The highest BCUT2D eigenvalue weighted by Crippen LogP contribution is 2.03. The number of aliphatic hydroxyl groups is 2. The number of hydrogen-bond donors (Lipinski definition) is 2. The van der Waals surface area contributed by atoms with Crippen LogP contribution in [0.4, 0.5) is 0 Å². The summed E-state index contributed by atoms with van der Waals surface area (Å²) < 4.78 is 0. The van der Waals surface area contributed by atoms with Gasteiger partial charge in [-0.25, -0.2) is 0 Å².